The molecule has 7 heteroatoms. The number of benzene rings is 1. The number of hydrogen-bond acceptors (Lipinski definition) is 2. The fourth-order valence-corrected chi connectivity index (χ4v) is 3.20. The van der Waals surface area contributed by atoms with Crippen LogP contribution in [0.1, 0.15) is 44.9 Å². The molecule has 0 radical (unpaired) electrons. The molecule has 1 rings (SSSR count). The van der Waals surface area contributed by atoms with Crippen LogP contribution in [0.4, 0.5) is 13.2 Å². The van der Waals surface area contributed by atoms with E-state index < -0.39 is 33.5 Å². The van der Waals surface area contributed by atoms with Crippen LogP contribution in [0.15, 0.2) is 18.2 Å². The van der Waals surface area contributed by atoms with E-state index in [9.17, 15) is 17.4 Å². The molecule has 0 saturated carbocycles. The summed E-state index contributed by atoms with van der Waals surface area (Å²) >= 11 is 0. The van der Waals surface area contributed by atoms with Gasteiger partial charge in [-0.2, -0.15) is 13.2 Å². The molecule has 0 aliphatic heterocycles. The third-order valence-corrected chi connectivity index (χ3v) is 5.19. The Morgan fingerprint density at radius 1 is 1.18 bits per heavy atom. The van der Waals surface area contributed by atoms with Gasteiger partial charge >= 0.3 is 6.18 Å². The van der Waals surface area contributed by atoms with Gasteiger partial charge in [0.25, 0.3) is 0 Å². The van der Waals surface area contributed by atoms with Crippen molar-refractivity contribution in [3.8, 4) is 5.75 Å². The van der Waals surface area contributed by atoms with E-state index in [4.69, 9.17) is 4.74 Å². The lowest BCUT2D eigenvalue weighted by Crippen LogP contribution is -2.36. The van der Waals surface area contributed by atoms with Crippen molar-refractivity contribution in [2.75, 3.05) is 14.2 Å². The number of hydrogen-bond donors (Lipinski definition) is 0. The van der Waals surface area contributed by atoms with Gasteiger partial charge in [0.05, 0.1) is 28.4 Å². The van der Waals surface area contributed by atoms with Crippen molar-refractivity contribution < 1.29 is 22.1 Å². The van der Waals surface area contributed by atoms with E-state index in [1.807, 2.05) is 20.8 Å². The van der Waals surface area contributed by atoms with Crippen molar-refractivity contribution in [3.05, 3.63) is 29.3 Å². The molecule has 0 spiro atoms. The average Bonchev–Trinajstić information content (AvgIpc) is 2.42. The molecule has 1 aromatic carbocycles. The number of ether oxygens (including phenoxy) is 1. The molecule has 0 heterocycles. The first-order valence-electron chi connectivity index (χ1n) is 6.79. The molecule has 126 valence electrons. The van der Waals surface area contributed by atoms with Crippen LogP contribution in [0.5, 0.6) is 5.75 Å². The van der Waals surface area contributed by atoms with Gasteiger partial charge in [-0.05, 0) is 51.5 Å². The normalized spacial score (nSPS) is 15.7. The van der Waals surface area contributed by atoms with E-state index in [0.29, 0.717) is 5.56 Å². The Morgan fingerprint density at radius 2 is 1.73 bits per heavy atom. The monoisotopic (exact) mass is 337 g/mol. The second kappa shape index (κ2) is 6.58. The summed E-state index contributed by atoms with van der Waals surface area (Å²) in [6.45, 7) is 7.18. The Balaban J connectivity index is 3.23. The third kappa shape index (κ3) is 4.46. The Labute approximate surface area is 132 Å². The number of methoxy groups -OCH3 is 1. The Bertz CT molecular complexity index is 553. The molecule has 1 aromatic rings. The quantitative estimate of drug-likeness (QED) is 0.825. The Kier molecular flexibility index (Phi) is 5.67. The van der Waals surface area contributed by atoms with E-state index in [1.54, 1.807) is 18.3 Å². The van der Waals surface area contributed by atoms with Crippen LogP contribution in [-0.2, 0) is 17.2 Å². The van der Waals surface area contributed by atoms with Crippen molar-refractivity contribution in [1.29, 1.82) is 0 Å². The minimum Gasteiger partial charge on any atom is -0.497 e. The molecular formula is C15H22F3NO2S. The molecule has 0 aliphatic rings. The maximum atomic E-state index is 13.0. The predicted molar refractivity (Wildman–Crippen MR) is 82.1 cm³/mol. The SMILES string of the molecule is COc1cc([C@@H](C)N(C)S(=O)C(C)(C)C)cc(C(F)(F)F)c1. The maximum absolute atomic E-state index is 13.0. The zero-order valence-electron chi connectivity index (χ0n) is 13.6. The lowest BCUT2D eigenvalue weighted by atomic mass is 10.0. The third-order valence-electron chi connectivity index (χ3n) is 3.31. The Hall–Kier alpha value is -1.08. The summed E-state index contributed by atoms with van der Waals surface area (Å²) in [5, 5.41) is 0. The van der Waals surface area contributed by atoms with Gasteiger partial charge in [-0.1, -0.05) is 0 Å². The second-order valence-electron chi connectivity index (χ2n) is 6.08. The molecule has 0 bridgehead atoms. The van der Waals surface area contributed by atoms with Gasteiger partial charge in [0, 0.05) is 13.1 Å². The summed E-state index contributed by atoms with van der Waals surface area (Å²) in [7, 11) is 1.62. The van der Waals surface area contributed by atoms with Crippen molar-refractivity contribution in [2.24, 2.45) is 0 Å². The highest BCUT2D eigenvalue weighted by atomic mass is 32.2. The molecule has 1 unspecified atom stereocenters. The van der Waals surface area contributed by atoms with Gasteiger partial charge in [-0.25, -0.2) is 8.51 Å². The number of rotatable bonds is 4. The van der Waals surface area contributed by atoms with Gasteiger partial charge in [-0.15, -0.1) is 0 Å². The number of halogens is 3. The fraction of sp³-hybridized carbons (Fsp3) is 0.600. The van der Waals surface area contributed by atoms with Crippen LogP contribution in [-0.4, -0.2) is 27.4 Å². The first-order chi connectivity index (χ1) is 9.87. The van der Waals surface area contributed by atoms with Crippen LogP contribution in [0.3, 0.4) is 0 Å². The van der Waals surface area contributed by atoms with Gasteiger partial charge in [-0.3, -0.25) is 0 Å². The highest BCUT2D eigenvalue weighted by Crippen LogP contribution is 2.35. The van der Waals surface area contributed by atoms with Crippen LogP contribution in [0.25, 0.3) is 0 Å². The largest absolute Gasteiger partial charge is 0.497 e. The van der Waals surface area contributed by atoms with Crippen molar-refractivity contribution in [2.45, 2.75) is 44.7 Å². The van der Waals surface area contributed by atoms with Crippen molar-refractivity contribution >= 4 is 11.0 Å². The molecule has 3 nitrogen and oxygen atoms in total. The molecule has 0 amide bonds. The molecular weight excluding hydrogens is 315 g/mol. The first-order valence-corrected chi connectivity index (χ1v) is 7.89. The molecule has 0 aromatic heterocycles. The summed E-state index contributed by atoms with van der Waals surface area (Å²) in [4.78, 5) is 0. The van der Waals surface area contributed by atoms with Crippen LogP contribution < -0.4 is 4.74 Å². The molecule has 0 saturated heterocycles. The summed E-state index contributed by atoms with van der Waals surface area (Å²) in [6, 6.07) is 3.12. The molecule has 2 atom stereocenters. The van der Waals surface area contributed by atoms with E-state index in [1.165, 1.54) is 13.2 Å². The van der Waals surface area contributed by atoms with Crippen LogP contribution in [0.2, 0.25) is 0 Å². The van der Waals surface area contributed by atoms with E-state index in [2.05, 4.69) is 0 Å². The van der Waals surface area contributed by atoms with Gasteiger partial charge in [0.15, 0.2) is 0 Å². The van der Waals surface area contributed by atoms with Gasteiger partial charge < -0.3 is 4.74 Å². The fourth-order valence-electron chi connectivity index (χ4n) is 1.93. The lowest BCUT2D eigenvalue weighted by Gasteiger charge is -2.30. The summed E-state index contributed by atoms with van der Waals surface area (Å²) in [5.74, 6) is 0.131. The first kappa shape index (κ1) is 19.0. The van der Waals surface area contributed by atoms with Gasteiger partial charge in [0.2, 0.25) is 0 Å². The van der Waals surface area contributed by atoms with E-state index in [-0.39, 0.29) is 5.75 Å². The standard InChI is InChI=1S/C15H22F3NO2S/c1-10(19(5)22(20)14(2,3)4)11-7-12(15(16,17)18)9-13(8-11)21-6/h7-10H,1-6H3/t10-,22?/m1/s1. The molecule has 0 N–H and O–H groups in total. The summed E-state index contributed by atoms with van der Waals surface area (Å²) in [5.41, 5.74) is -0.365. The molecule has 0 aliphatic carbocycles. The molecule has 0 fully saturated rings. The zero-order chi connectivity index (χ0) is 17.3. The number of alkyl halides is 3. The predicted octanol–water partition coefficient (Wildman–Crippen LogP) is 4.17. The average molecular weight is 337 g/mol. The summed E-state index contributed by atoms with van der Waals surface area (Å²) < 4.78 is 57.3. The summed E-state index contributed by atoms with van der Waals surface area (Å²) in [6.07, 6.45) is -4.45. The van der Waals surface area contributed by atoms with Crippen molar-refractivity contribution in [3.63, 3.8) is 0 Å². The Morgan fingerprint density at radius 3 is 2.14 bits per heavy atom. The van der Waals surface area contributed by atoms with Crippen molar-refractivity contribution in [1.82, 2.24) is 4.31 Å². The van der Waals surface area contributed by atoms with Crippen LogP contribution in [0, 0.1) is 0 Å². The highest BCUT2D eigenvalue weighted by molar-refractivity contribution is 7.84. The van der Waals surface area contributed by atoms with E-state index >= 15 is 0 Å². The van der Waals surface area contributed by atoms with Crippen LogP contribution >= 0.6 is 0 Å². The topological polar surface area (TPSA) is 29.5 Å². The smallest absolute Gasteiger partial charge is 0.416 e. The maximum Gasteiger partial charge on any atom is 0.416 e. The second-order valence-corrected chi connectivity index (χ2v) is 8.38. The molecule has 22 heavy (non-hydrogen) atoms. The minimum absolute atomic E-state index is 0.131. The minimum atomic E-state index is -4.45. The highest BCUT2D eigenvalue weighted by Gasteiger charge is 2.33. The van der Waals surface area contributed by atoms with E-state index in [0.717, 1.165) is 12.1 Å². The number of nitrogens with zero attached hydrogens (tertiary/aromatic N) is 1. The van der Waals surface area contributed by atoms with Gasteiger partial charge in [0.1, 0.15) is 5.75 Å². The zero-order valence-corrected chi connectivity index (χ0v) is 14.4. The lowest BCUT2D eigenvalue weighted by molar-refractivity contribution is -0.137.